The fourth-order valence-corrected chi connectivity index (χ4v) is 8.84. The molecule has 0 amide bonds. The number of thioether (sulfide) groups is 1. The lowest BCUT2D eigenvalue weighted by molar-refractivity contribution is -0.179. The summed E-state index contributed by atoms with van der Waals surface area (Å²) >= 11 is 0.780. The first kappa shape index (κ1) is 26.6. The molecule has 200 valence electrons. The van der Waals surface area contributed by atoms with E-state index in [2.05, 4.69) is 16.9 Å². The van der Waals surface area contributed by atoms with Gasteiger partial charge in [-0.05, 0) is 61.7 Å². The number of carbonyl (C=O) groups excluding carboxylic acids is 2. The van der Waals surface area contributed by atoms with Crippen LogP contribution in [0.4, 0.5) is 13.2 Å². The maximum absolute atomic E-state index is 13.6. The quantitative estimate of drug-likeness (QED) is 0.434. The molecule has 37 heavy (non-hydrogen) atoms. The van der Waals surface area contributed by atoms with Gasteiger partial charge in [0.15, 0.2) is 16.7 Å². The largest absolute Gasteiger partial charge is 0.433 e. The Bertz CT molecular complexity index is 1200. The number of carbonyl (C=O) groups is 2. The highest BCUT2D eigenvalue weighted by molar-refractivity contribution is 7.99. The lowest BCUT2D eigenvalue weighted by Crippen LogP contribution is -2.62. The SMILES string of the molecule is C[C@@H]1CC2C3CCC4=CC(=O)C=CC4(C)C3[C@@H](O)CC2(C)[C@@]1(O)C(=O)CSc1nccc(C(F)(F)F)n1. The predicted molar refractivity (Wildman–Crippen MR) is 130 cm³/mol. The average molecular weight is 537 g/mol. The molecular formula is C27H31F3N2O4S. The summed E-state index contributed by atoms with van der Waals surface area (Å²) in [7, 11) is 0. The number of ketones is 2. The molecule has 5 rings (SSSR count). The summed E-state index contributed by atoms with van der Waals surface area (Å²) < 4.78 is 39.1. The zero-order valence-corrected chi connectivity index (χ0v) is 21.8. The summed E-state index contributed by atoms with van der Waals surface area (Å²) in [6.45, 7) is 5.77. The van der Waals surface area contributed by atoms with Gasteiger partial charge in [0.25, 0.3) is 0 Å². The number of rotatable bonds is 4. The van der Waals surface area contributed by atoms with Crippen LogP contribution in [-0.4, -0.2) is 49.2 Å². The number of aliphatic hydroxyl groups excluding tert-OH is 1. The van der Waals surface area contributed by atoms with E-state index in [0.717, 1.165) is 42.4 Å². The van der Waals surface area contributed by atoms with Crippen LogP contribution in [0, 0.1) is 34.5 Å². The Hall–Kier alpha value is -2.04. The summed E-state index contributed by atoms with van der Waals surface area (Å²) in [6, 6.07) is 0.770. The number of Topliss-reactive ketones (excluding diaryl/α,β-unsaturated/α-hetero) is 1. The van der Waals surface area contributed by atoms with Gasteiger partial charge >= 0.3 is 6.18 Å². The van der Waals surface area contributed by atoms with Crippen molar-refractivity contribution in [2.45, 2.75) is 69.5 Å². The van der Waals surface area contributed by atoms with E-state index in [1.165, 1.54) is 0 Å². The van der Waals surface area contributed by atoms with Crippen molar-refractivity contribution >= 4 is 23.3 Å². The summed E-state index contributed by atoms with van der Waals surface area (Å²) in [5.41, 5.74) is -3.16. The van der Waals surface area contributed by atoms with Crippen LogP contribution in [0.25, 0.3) is 0 Å². The molecule has 4 aliphatic carbocycles. The Morgan fingerprint density at radius 1 is 1.30 bits per heavy atom. The van der Waals surface area contributed by atoms with Crippen LogP contribution in [0.3, 0.4) is 0 Å². The minimum atomic E-state index is -4.62. The molecule has 0 bridgehead atoms. The van der Waals surface area contributed by atoms with E-state index in [1.807, 2.05) is 19.9 Å². The number of halogens is 3. The fraction of sp³-hybridized carbons (Fsp3) is 0.630. The lowest BCUT2D eigenvalue weighted by atomic mass is 9.46. The Morgan fingerprint density at radius 2 is 2.03 bits per heavy atom. The van der Waals surface area contributed by atoms with Crippen molar-refractivity contribution in [3.63, 3.8) is 0 Å². The molecule has 8 atom stereocenters. The maximum atomic E-state index is 13.6. The number of hydrogen-bond donors (Lipinski definition) is 2. The Labute approximate surface area is 217 Å². The minimum Gasteiger partial charge on any atom is -0.393 e. The summed E-state index contributed by atoms with van der Waals surface area (Å²) in [6.07, 6.45) is 3.06. The highest BCUT2D eigenvalue weighted by Gasteiger charge is 2.70. The van der Waals surface area contributed by atoms with Gasteiger partial charge in [0.1, 0.15) is 11.3 Å². The van der Waals surface area contributed by atoms with Crippen molar-refractivity contribution in [2.75, 3.05) is 5.75 Å². The highest BCUT2D eigenvalue weighted by Crippen LogP contribution is 2.68. The summed E-state index contributed by atoms with van der Waals surface area (Å²) in [4.78, 5) is 33.0. The number of aromatic nitrogens is 2. The van der Waals surface area contributed by atoms with Gasteiger partial charge in [-0.25, -0.2) is 9.97 Å². The lowest BCUT2D eigenvalue weighted by Gasteiger charge is -2.59. The normalized spacial score (nSPS) is 41.0. The van der Waals surface area contributed by atoms with E-state index in [0.29, 0.717) is 6.42 Å². The highest BCUT2D eigenvalue weighted by atomic mass is 32.2. The first-order chi connectivity index (χ1) is 17.2. The van der Waals surface area contributed by atoms with Crippen LogP contribution in [0.2, 0.25) is 0 Å². The molecular weight excluding hydrogens is 505 g/mol. The van der Waals surface area contributed by atoms with Crippen molar-refractivity contribution in [3.8, 4) is 0 Å². The molecule has 0 radical (unpaired) electrons. The standard InChI is InChI=1S/C27H31F3N2O4S/c1-14-10-18-17-5-4-15-11-16(33)6-8-24(15,2)22(17)19(34)12-25(18,3)26(14,36)21(35)13-37-23-31-9-7-20(32-23)27(28,29)30/h6-9,11,14,17-19,22,34,36H,4-5,10,12-13H2,1-3H3/t14-,17?,18?,19+,22?,24?,25?,26+/m1/s1. The molecule has 0 aromatic carbocycles. The number of nitrogens with zero attached hydrogens (tertiary/aromatic N) is 2. The molecule has 2 N–H and O–H groups in total. The molecule has 0 aliphatic heterocycles. The third-order valence-electron chi connectivity index (χ3n) is 9.76. The van der Waals surface area contributed by atoms with E-state index in [4.69, 9.17) is 0 Å². The maximum Gasteiger partial charge on any atom is 0.433 e. The van der Waals surface area contributed by atoms with Crippen molar-refractivity contribution in [2.24, 2.45) is 34.5 Å². The van der Waals surface area contributed by atoms with Gasteiger partial charge in [0.05, 0.1) is 11.9 Å². The molecule has 10 heteroatoms. The van der Waals surface area contributed by atoms with Crippen LogP contribution in [0.15, 0.2) is 41.2 Å². The topological polar surface area (TPSA) is 100 Å². The first-order valence-corrected chi connectivity index (χ1v) is 13.6. The van der Waals surface area contributed by atoms with E-state index in [9.17, 15) is 33.0 Å². The molecule has 0 spiro atoms. The second-order valence-electron chi connectivity index (χ2n) is 11.5. The second-order valence-corrected chi connectivity index (χ2v) is 12.5. The molecule has 1 aromatic rings. The van der Waals surface area contributed by atoms with Crippen LogP contribution in [0.5, 0.6) is 0 Å². The van der Waals surface area contributed by atoms with E-state index >= 15 is 0 Å². The zero-order chi connectivity index (χ0) is 27.0. The molecule has 1 aromatic heterocycles. The molecule has 1 heterocycles. The van der Waals surface area contributed by atoms with E-state index in [-0.39, 0.29) is 40.9 Å². The van der Waals surface area contributed by atoms with Crippen LogP contribution in [0.1, 0.15) is 52.1 Å². The third kappa shape index (κ3) is 3.93. The Balaban J connectivity index is 1.40. The smallest absolute Gasteiger partial charge is 0.393 e. The predicted octanol–water partition coefficient (Wildman–Crippen LogP) is 4.41. The molecule has 6 nitrogen and oxygen atoms in total. The number of allylic oxidation sites excluding steroid dienone is 4. The van der Waals surface area contributed by atoms with Gasteiger partial charge in [-0.3, -0.25) is 9.59 Å². The monoisotopic (exact) mass is 536 g/mol. The Morgan fingerprint density at radius 3 is 2.73 bits per heavy atom. The molecule has 5 unspecified atom stereocenters. The second kappa shape index (κ2) is 8.74. The van der Waals surface area contributed by atoms with Crippen molar-refractivity contribution < 1.29 is 33.0 Å². The number of aliphatic hydroxyl groups is 2. The average Bonchev–Trinajstić information content (AvgIpc) is 3.03. The van der Waals surface area contributed by atoms with E-state index < -0.39 is 46.1 Å². The number of hydrogen-bond acceptors (Lipinski definition) is 7. The van der Waals surface area contributed by atoms with Gasteiger partial charge in [-0.15, -0.1) is 0 Å². The van der Waals surface area contributed by atoms with Gasteiger partial charge < -0.3 is 10.2 Å². The van der Waals surface area contributed by atoms with E-state index in [1.54, 1.807) is 12.2 Å². The van der Waals surface area contributed by atoms with Crippen LogP contribution < -0.4 is 0 Å². The van der Waals surface area contributed by atoms with Crippen LogP contribution in [-0.2, 0) is 15.8 Å². The summed E-state index contributed by atoms with van der Waals surface area (Å²) in [5.74, 6) is -1.29. The Kier molecular flexibility index (Phi) is 6.28. The van der Waals surface area contributed by atoms with Gasteiger partial charge in [0, 0.05) is 22.9 Å². The molecule has 4 aliphatic rings. The first-order valence-electron chi connectivity index (χ1n) is 12.6. The van der Waals surface area contributed by atoms with Crippen LogP contribution >= 0.6 is 11.8 Å². The zero-order valence-electron chi connectivity index (χ0n) is 21.0. The summed E-state index contributed by atoms with van der Waals surface area (Å²) in [5, 5.41) is 23.3. The number of fused-ring (bicyclic) bond motifs is 5. The fourth-order valence-electron chi connectivity index (χ4n) is 8.06. The number of alkyl halides is 3. The minimum absolute atomic E-state index is 0.0240. The van der Waals surface area contributed by atoms with Gasteiger partial charge in [0.2, 0.25) is 0 Å². The molecule has 3 saturated carbocycles. The van der Waals surface area contributed by atoms with Crippen molar-refractivity contribution in [1.82, 2.24) is 9.97 Å². The van der Waals surface area contributed by atoms with Gasteiger partial charge in [-0.1, -0.05) is 44.2 Å². The third-order valence-corrected chi connectivity index (χ3v) is 10.6. The van der Waals surface area contributed by atoms with Gasteiger partial charge in [-0.2, -0.15) is 13.2 Å². The molecule has 3 fully saturated rings. The molecule has 0 saturated heterocycles. The van der Waals surface area contributed by atoms with Crippen molar-refractivity contribution in [1.29, 1.82) is 0 Å². The van der Waals surface area contributed by atoms with Crippen molar-refractivity contribution in [3.05, 3.63) is 41.8 Å².